The number of ketones is 1. The van der Waals surface area contributed by atoms with Gasteiger partial charge >= 0.3 is 0 Å². The second-order valence-corrected chi connectivity index (χ2v) is 8.62. The van der Waals surface area contributed by atoms with Gasteiger partial charge in [-0.05, 0) is 37.1 Å². The number of para-hydroxylation sites is 1. The van der Waals surface area contributed by atoms with Gasteiger partial charge in [0.2, 0.25) is 5.69 Å². The van der Waals surface area contributed by atoms with Crippen molar-refractivity contribution in [1.29, 1.82) is 0 Å². The van der Waals surface area contributed by atoms with Crippen molar-refractivity contribution < 1.29 is 28.2 Å². The van der Waals surface area contributed by atoms with Gasteiger partial charge in [-0.25, -0.2) is 18.6 Å². The van der Waals surface area contributed by atoms with Crippen LogP contribution in [-0.2, 0) is 4.74 Å². The summed E-state index contributed by atoms with van der Waals surface area (Å²) in [5.74, 6) is -2.08. The number of H-pyrrole nitrogens is 1. The Morgan fingerprint density at radius 2 is 2.05 bits per heavy atom. The van der Waals surface area contributed by atoms with Crippen molar-refractivity contribution >= 4 is 28.2 Å². The maximum Gasteiger partial charge on any atom is 0.228 e. The van der Waals surface area contributed by atoms with Crippen molar-refractivity contribution in [2.75, 3.05) is 18.5 Å². The molecule has 188 valence electrons. The Labute approximate surface area is 210 Å². The maximum atomic E-state index is 15.1. The molecule has 0 bridgehead atoms. The van der Waals surface area contributed by atoms with Gasteiger partial charge in [0.05, 0.1) is 42.7 Å². The van der Waals surface area contributed by atoms with Crippen LogP contribution in [0.15, 0.2) is 54.9 Å². The highest BCUT2D eigenvalue weighted by Crippen LogP contribution is 2.37. The molecule has 0 aliphatic carbocycles. The minimum absolute atomic E-state index is 0.0378. The van der Waals surface area contributed by atoms with Crippen LogP contribution >= 0.6 is 0 Å². The summed E-state index contributed by atoms with van der Waals surface area (Å²) >= 11 is 0. The molecule has 3 N–H and O–H groups in total. The summed E-state index contributed by atoms with van der Waals surface area (Å²) in [6, 6.07) is 9.26. The first-order valence-electron chi connectivity index (χ1n) is 11.6. The fourth-order valence-corrected chi connectivity index (χ4v) is 4.31. The predicted molar refractivity (Wildman–Crippen MR) is 132 cm³/mol. The Balaban J connectivity index is 1.47. The number of aromatic amines is 1. The summed E-state index contributed by atoms with van der Waals surface area (Å²) in [7, 11) is 0. The number of pyridine rings is 1. The normalized spacial score (nSPS) is 17.4. The number of aliphatic hydroxyl groups is 1. The lowest BCUT2D eigenvalue weighted by molar-refractivity contribution is -0.0223. The first-order valence-corrected chi connectivity index (χ1v) is 11.6. The van der Waals surface area contributed by atoms with Crippen LogP contribution in [0.4, 0.5) is 20.2 Å². The number of rotatable bonds is 7. The van der Waals surface area contributed by atoms with E-state index in [2.05, 4.69) is 20.1 Å². The van der Waals surface area contributed by atoms with E-state index in [1.165, 1.54) is 42.7 Å². The molecule has 4 aromatic rings. The van der Waals surface area contributed by atoms with Gasteiger partial charge in [-0.2, -0.15) is 0 Å². The first-order chi connectivity index (χ1) is 18.0. The molecule has 0 radical (unpaired) electrons. The first kappa shape index (κ1) is 24.4. The van der Waals surface area contributed by atoms with Gasteiger partial charge < -0.3 is 24.9 Å². The van der Waals surface area contributed by atoms with Crippen molar-refractivity contribution in [3.8, 4) is 11.5 Å². The maximum absolute atomic E-state index is 15.1. The summed E-state index contributed by atoms with van der Waals surface area (Å²) in [6.45, 7) is 7.84. The smallest absolute Gasteiger partial charge is 0.228 e. The number of fused-ring (bicyclic) bond motifs is 1. The monoisotopic (exact) mass is 504 g/mol. The van der Waals surface area contributed by atoms with Crippen molar-refractivity contribution in [3.05, 3.63) is 89.0 Å². The fourth-order valence-electron chi connectivity index (χ4n) is 4.31. The lowest BCUT2D eigenvalue weighted by atomic mass is 10.0. The van der Waals surface area contributed by atoms with Crippen LogP contribution in [-0.4, -0.2) is 46.2 Å². The molecule has 2 atom stereocenters. The number of benzene rings is 2. The Morgan fingerprint density at radius 1 is 1.22 bits per heavy atom. The molecule has 1 aliphatic rings. The van der Waals surface area contributed by atoms with Crippen LogP contribution < -0.4 is 10.1 Å². The number of nitrogens with one attached hydrogen (secondary N) is 2. The van der Waals surface area contributed by atoms with Crippen molar-refractivity contribution in [2.24, 2.45) is 0 Å². The van der Waals surface area contributed by atoms with Crippen LogP contribution in [0.1, 0.15) is 28.8 Å². The Kier molecular flexibility index (Phi) is 6.81. The highest BCUT2D eigenvalue weighted by Gasteiger charge is 2.26. The van der Waals surface area contributed by atoms with Gasteiger partial charge in [0, 0.05) is 29.9 Å². The molecule has 3 heterocycles. The number of carbonyl (C=O) groups excluding carboxylic acids is 1. The summed E-state index contributed by atoms with van der Waals surface area (Å²) < 4.78 is 40.0. The van der Waals surface area contributed by atoms with E-state index in [0.717, 1.165) is 6.07 Å². The number of nitrogens with zero attached hydrogens (tertiary/aromatic N) is 2. The molecule has 0 amide bonds. The molecule has 0 unspecified atom stereocenters. The van der Waals surface area contributed by atoms with Crippen LogP contribution in [0.25, 0.3) is 15.9 Å². The van der Waals surface area contributed by atoms with E-state index in [1.807, 2.05) is 0 Å². The number of aliphatic hydroxyl groups excluding tert-OH is 1. The number of halogens is 2. The highest BCUT2D eigenvalue weighted by atomic mass is 19.1. The van der Waals surface area contributed by atoms with Crippen molar-refractivity contribution in [3.63, 3.8) is 0 Å². The highest BCUT2D eigenvalue weighted by molar-refractivity contribution is 6.19. The van der Waals surface area contributed by atoms with Crippen LogP contribution in [0, 0.1) is 18.2 Å². The van der Waals surface area contributed by atoms with Crippen LogP contribution in [0.2, 0.25) is 0 Å². The Morgan fingerprint density at radius 3 is 2.76 bits per heavy atom. The van der Waals surface area contributed by atoms with Crippen molar-refractivity contribution in [1.82, 2.24) is 9.97 Å². The van der Waals surface area contributed by atoms with E-state index in [-0.39, 0.29) is 47.1 Å². The number of ether oxygens (including phenoxy) is 2. The number of aromatic nitrogens is 2. The van der Waals surface area contributed by atoms with E-state index in [9.17, 15) is 14.3 Å². The number of carbonyl (C=O) groups is 1. The third-order valence-electron chi connectivity index (χ3n) is 6.22. The zero-order chi connectivity index (χ0) is 25.9. The number of hydrogen-bond acceptors (Lipinski definition) is 6. The van der Waals surface area contributed by atoms with Gasteiger partial charge in [-0.3, -0.25) is 4.79 Å². The molecule has 10 heteroatoms. The lowest BCUT2D eigenvalue weighted by Crippen LogP contribution is -2.36. The van der Waals surface area contributed by atoms with E-state index in [0.29, 0.717) is 36.2 Å². The topological polar surface area (TPSA) is 101 Å². The van der Waals surface area contributed by atoms with E-state index < -0.39 is 17.4 Å². The molecule has 2 aromatic heterocycles. The van der Waals surface area contributed by atoms with E-state index in [4.69, 9.17) is 16.0 Å². The average molecular weight is 504 g/mol. The van der Waals surface area contributed by atoms with E-state index in [1.54, 1.807) is 6.07 Å². The molecular weight excluding hydrogens is 482 g/mol. The number of anilines is 1. The molecular formula is C27H22F2N4O4. The van der Waals surface area contributed by atoms with Crippen molar-refractivity contribution in [2.45, 2.75) is 25.0 Å². The van der Waals surface area contributed by atoms with Gasteiger partial charge in [0.25, 0.3) is 0 Å². The summed E-state index contributed by atoms with van der Waals surface area (Å²) in [4.78, 5) is 24.2. The summed E-state index contributed by atoms with van der Waals surface area (Å²) in [5.41, 5.74) is 0.901. The van der Waals surface area contributed by atoms with Gasteiger partial charge in [0.1, 0.15) is 17.2 Å². The molecule has 1 aliphatic heterocycles. The molecule has 1 saturated heterocycles. The Bertz CT molecular complexity index is 1510. The van der Waals surface area contributed by atoms with Crippen LogP contribution in [0.3, 0.4) is 0 Å². The minimum Gasteiger partial charge on any atom is -0.454 e. The van der Waals surface area contributed by atoms with Gasteiger partial charge in [-0.1, -0.05) is 12.1 Å². The fraction of sp³-hybridized carbons (Fsp3) is 0.222. The second-order valence-electron chi connectivity index (χ2n) is 8.62. The second kappa shape index (κ2) is 10.3. The molecule has 8 nitrogen and oxygen atoms in total. The third-order valence-corrected chi connectivity index (χ3v) is 6.22. The largest absolute Gasteiger partial charge is 0.454 e. The SMILES string of the molecule is [C-]#[N+]c1cnc2[nH]cc(C(=O)c3ccc(Oc4ccccc4F)cc3F)c2c1N[C@@H]1CC[C@@H](CO)OC1. The molecule has 5 rings (SSSR count). The standard InChI is InChI=1S/C27H22F2N4O4/c1-30-22-12-32-27-24(25(22)33-15-6-7-17(13-34)36-14-15)19(11-31-27)26(35)18-9-8-16(10-21(18)29)37-23-5-3-2-4-20(23)28/h2-5,8-12,15,17,34H,6-7,13-14H2,(H2,31,32,33)/t15-,17+/m1/s1. The lowest BCUT2D eigenvalue weighted by Gasteiger charge is -2.29. The van der Waals surface area contributed by atoms with Crippen LogP contribution in [0.5, 0.6) is 11.5 Å². The quantitative estimate of drug-likeness (QED) is 0.231. The van der Waals surface area contributed by atoms with Gasteiger partial charge in [-0.15, -0.1) is 0 Å². The third kappa shape index (κ3) is 4.87. The Hall–Kier alpha value is -4.33. The number of hydrogen-bond donors (Lipinski definition) is 3. The predicted octanol–water partition coefficient (Wildman–Crippen LogP) is 5.37. The van der Waals surface area contributed by atoms with Gasteiger partial charge in [0.15, 0.2) is 17.3 Å². The molecule has 0 saturated carbocycles. The molecule has 37 heavy (non-hydrogen) atoms. The molecule has 1 fully saturated rings. The minimum atomic E-state index is -0.840. The average Bonchev–Trinajstić information content (AvgIpc) is 3.35. The van der Waals surface area contributed by atoms with E-state index >= 15 is 4.39 Å². The summed E-state index contributed by atoms with van der Waals surface area (Å²) in [6.07, 6.45) is 3.94. The molecule has 2 aromatic carbocycles. The zero-order valence-corrected chi connectivity index (χ0v) is 19.5. The molecule has 0 spiro atoms. The summed E-state index contributed by atoms with van der Waals surface area (Å²) in [5, 5.41) is 13.0. The zero-order valence-electron chi connectivity index (χ0n) is 19.5.